The summed E-state index contributed by atoms with van der Waals surface area (Å²) in [6.45, 7) is 0. The Morgan fingerprint density at radius 2 is 1.61 bits per heavy atom. The Morgan fingerprint density at radius 1 is 1.04 bits per heavy atom. The minimum absolute atomic E-state index is 0.0970. The average Bonchev–Trinajstić information content (AvgIpc) is 2.67. The molecule has 0 amide bonds. The first kappa shape index (κ1) is 21.4. The number of methoxy groups -OCH3 is 2. The Labute approximate surface area is 158 Å². The van der Waals surface area contributed by atoms with Crippen molar-refractivity contribution in [1.29, 1.82) is 0 Å². The lowest BCUT2D eigenvalue weighted by molar-refractivity contribution is -0.284. The number of carbonyl (C=O) groups is 2. The number of rotatable bonds is 6. The van der Waals surface area contributed by atoms with Crippen molar-refractivity contribution in [3.05, 3.63) is 23.8 Å². The molecule has 5 atom stereocenters. The summed E-state index contributed by atoms with van der Waals surface area (Å²) in [5, 5.41) is 47.9. The van der Waals surface area contributed by atoms with Crippen LogP contribution in [0.1, 0.15) is 5.56 Å². The van der Waals surface area contributed by atoms with Gasteiger partial charge in [-0.2, -0.15) is 0 Å². The van der Waals surface area contributed by atoms with Gasteiger partial charge in [-0.15, -0.1) is 0 Å². The molecule has 5 unspecified atom stereocenters. The zero-order valence-electron chi connectivity index (χ0n) is 14.9. The molecule has 0 radical (unpaired) electrons. The van der Waals surface area contributed by atoms with Gasteiger partial charge in [0.2, 0.25) is 12.0 Å². The van der Waals surface area contributed by atoms with Crippen LogP contribution in [0, 0.1) is 0 Å². The third-order valence-electron chi connectivity index (χ3n) is 3.96. The number of phenols is 1. The summed E-state index contributed by atoms with van der Waals surface area (Å²) in [5.41, 5.74) is 0.396. The van der Waals surface area contributed by atoms with E-state index in [1.807, 2.05) is 0 Å². The summed E-state index contributed by atoms with van der Waals surface area (Å²) in [7, 11) is 2.66. The predicted molar refractivity (Wildman–Crippen MR) is 90.7 cm³/mol. The SMILES string of the molecule is COc1cc(C=CC(=O)OC2OC(C(=O)O)C(O)C(O)C2O)cc(OC)c1O. The molecule has 11 heteroatoms. The van der Waals surface area contributed by atoms with E-state index < -0.39 is 42.6 Å². The predicted octanol–water partition coefficient (Wildman–Crippen LogP) is -1.14. The minimum Gasteiger partial charge on any atom is -0.502 e. The number of hydrogen-bond donors (Lipinski definition) is 5. The van der Waals surface area contributed by atoms with Gasteiger partial charge in [-0.25, -0.2) is 9.59 Å². The molecule has 0 aromatic heterocycles. The van der Waals surface area contributed by atoms with Crippen molar-refractivity contribution < 1.29 is 54.1 Å². The van der Waals surface area contributed by atoms with E-state index in [1.54, 1.807) is 0 Å². The minimum atomic E-state index is -1.89. The fourth-order valence-corrected chi connectivity index (χ4v) is 2.48. The van der Waals surface area contributed by atoms with Gasteiger partial charge >= 0.3 is 11.9 Å². The smallest absolute Gasteiger partial charge is 0.335 e. The maximum atomic E-state index is 12.0. The summed E-state index contributed by atoms with van der Waals surface area (Å²) < 4.78 is 19.6. The van der Waals surface area contributed by atoms with E-state index in [9.17, 15) is 30.0 Å². The molecule has 0 bridgehead atoms. The molecular formula is C17H20O11. The Hall–Kier alpha value is -2.86. The van der Waals surface area contributed by atoms with Crippen LogP contribution < -0.4 is 9.47 Å². The average molecular weight is 400 g/mol. The standard InChI is InChI=1S/C17H20O11/c1-25-8-5-7(6-9(26-2)11(8)19)3-4-10(18)27-17-14(22)12(20)13(21)15(28-17)16(23)24/h3-6,12-15,17,19-22H,1-2H3,(H,23,24). The summed E-state index contributed by atoms with van der Waals surface area (Å²) in [6.07, 6.45) is -7.10. The number of carboxylic acids is 1. The van der Waals surface area contributed by atoms with Crippen molar-refractivity contribution in [2.75, 3.05) is 14.2 Å². The largest absolute Gasteiger partial charge is 0.502 e. The second-order valence-corrected chi connectivity index (χ2v) is 5.78. The first-order valence-electron chi connectivity index (χ1n) is 7.95. The number of carbonyl (C=O) groups excluding carboxylic acids is 1. The number of phenolic OH excluding ortho intramolecular Hbond substituents is 1. The number of aliphatic carboxylic acids is 1. The highest BCUT2D eigenvalue weighted by Crippen LogP contribution is 2.37. The lowest BCUT2D eigenvalue weighted by Gasteiger charge is -2.37. The van der Waals surface area contributed by atoms with Crippen LogP contribution in [-0.4, -0.2) is 82.4 Å². The van der Waals surface area contributed by atoms with Crippen LogP contribution in [0.15, 0.2) is 18.2 Å². The molecule has 11 nitrogen and oxygen atoms in total. The van der Waals surface area contributed by atoms with Crippen molar-refractivity contribution in [2.24, 2.45) is 0 Å². The fourth-order valence-electron chi connectivity index (χ4n) is 2.48. The Balaban J connectivity index is 2.12. The van der Waals surface area contributed by atoms with Gasteiger partial charge in [-0.1, -0.05) is 0 Å². The molecule has 1 saturated heterocycles. The number of aliphatic hydroxyl groups excluding tert-OH is 3. The molecular weight excluding hydrogens is 380 g/mol. The Kier molecular flexibility index (Phi) is 6.80. The van der Waals surface area contributed by atoms with Gasteiger partial charge in [0, 0.05) is 6.08 Å². The summed E-state index contributed by atoms with van der Waals surface area (Å²) in [4.78, 5) is 23.0. The third kappa shape index (κ3) is 4.51. The van der Waals surface area contributed by atoms with Crippen LogP contribution in [-0.2, 0) is 19.1 Å². The van der Waals surface area contributed by atoms with Crippen LogP contribution >= 0.6 is 0 Å². The van der Waals surface area contributed by atoms with Crippen LogP contribution in [0.25, 0.3) is 6.08 Å². The molecule has 0 aliphatic carbocycles. The highest BCUT2D eigenvalue weighted by Gasteiger charge is 2.48. The molecule has 1 aromatic rings. The second kappa shape index (κ2) is 8.89. The van der Waals surface area contributed by atoms with Crippen molar-refractivity contribution in [3.63, 3.8) is 0 Å². The number of aromatic hydroxyl groups is 1. The van der Waals surface area contributed by atoms with Crippen LogP contribution in [0.3, 0.4) is 0 Å². The molecule has 5 N–H and O–H groups in total. The molecule has 0 spiro atoms. The Bertz CT molecular complexity index is 734. The van der Waals surface area contributed by atoms with Gasteiger partial charge in [-0.3, -0.25) is 0 Å². The quantitative estimate of drug-likeness (QED) is 0.288. The van der Waals surface area contributed by atoms with Crippen LogP contribution in [0.4, 0.5) is 0 Å². The molecule has 28 heavy (non-hydrogen) atoms. The zero-order valence-corrected chi connectivity index (χ0v) is 14.9. The Morgan fingerprint density at radius 3 is 2.11 bits per heavy atom. The van der Waals surface area contributed by atoms with Gasteiger partial charge < -0.3 is 44.5 Å². The maximum absolute atomic E-state index is 12.0. The molecule has 0 saturated carbocycles. The van der Waals surface area contributed by atoms with Gasteiger partial charge in [0.25, 0.3) is 0 Å². The van der Waals surface area contributed by atoms with Gasteiger partial charge in [0.05, 0.1) is 14.2 Å². The van der Waals surface area contributed by atoms with E-state index in [0.717, 1.165) is 6.08 Å². The number of esters is 1. The van der Waals surface area contributed by atoms with E-state index >= 15 is 0 Å². The molecule has 1 aromatic carbocycles. The second-order valence-electron chi connectivity index (χ2n) is 5.78. The molecule has 1 aliphatic heterocycles. The van der Waals surface area contributed by atoms with E-state index in [1.165, 1.54) is 32.4 Å². The number of ether oxygens (including phenoxy) is 4. The van der Waals surface area contributed by atoms with E-state index in [4.69, 9.17) is 24.1 Å². The normalized spacial score (nSPS) is 27.4. The van der Waals surface area contributed by atoms with Crippen LogP contribution in [0.2, 0.25) is 0 Å². The topological polar surface area (TPSA) is 172 Å². The number of benzene rings is 1. The maximum Gasteiger partial charge on any atom is 0.335 e. The fraction of sp³-hybridized carbons (Fsp3) is 0.412. The molecule has 2 rings (SSSR count). The molecule has 1 heterocycles. The zero-order chi connectivity index (χ0) is 21.0. The van der Waals surface area contributed by atoms with Crippen molar-refractivity contribution in [3.8, 4) is 17.2 Å². The lowest BCUT2D eigenvalue weighted by Crippen LogP contribution is -2.60. The highest BCUT2D eigenvalue weighted by atomic mass is 16.7. The number of carboxylic acid groups (broad SMARTS) is 1. The van der Waals surface area contributed by atoms with E-state index in [-0.39, 0.29) is 17.2 Å². The van der Waals surface area contributed by atoms with E-state index in [2.05, 4.69) is 0 Å². The molecule has 154 valence electrons. The third-order valence-corrected chi connectivity index (χ3v) is 3.96. The summed E-state index contributed by atoms with van der Waals surface area (Å²) in [6, 6.07) is 2.82. The summed E-state index contributed by atoms with van der Waals surface area (Å²) >= 11 is 0. The molecule has 1 fully saturated rings. The summed E-state index contributed by atoms with van der Waals surface area (Å²) in [5.74, 6) is -2.66. The van der Waals surface area contributed by atoms with E-state index in [0.29, 0.717) is 5.56 Å². The van der Waals surface area contributed by atoms with Gasteiger partial charge in [-0.05, 0) is 23.8 Å². The monoisotopic (exact) mass is 400 g/mol. The lowest BCUT2D eigenvalue weighted by atomic mass is 9.99. The van der Waals surface area contributed by atoms with Gasteiger partial charge in [0.1, 0.15) is 18.3 Å². The first-order chi connectivity index (χ1) is 13.2. The van der Waals surface area contributed by atoms with Crippen molar-refractivity contribution in [2.45, 2.75) is 30.7 Å². The van der Waals surface area contributed by atoms with Crippen molar-refractivity contribution >= 4 is 18.0 Å². The van der Waals surface area contributed by atoms with Gasteiger partial charge in [0.15, 0.2) is 17.6 Å². The number of hydrogen-bond acceptors (Lipinski definition) is 10. The number of aliphatic hydroxyl groups is 3. The first-order valence-corrected chi connectivity index (χ1v) is 7.95. The van der Waals surface area contributed by atoms with Crippen LogP contribution in [0.5, 0.6) is 17.2 Å². The molecule has 1 aliphatic rings. The van der Waals surface area contributed by atoms with Crippen molar-refractivity contribution in [1.82, 2.24) is 0 Å². The highest BCUT2D eigenvalue weighted by molar-refractivity contribution is 5.87.